The zero-order valence-electron chi connectivity index (χ0n) is 26.2. The number of anilines is 1. The van der Waals surface area contributed by atoms with Crippen molar-refractivity contribution in [1.82, 2.24) is 10.2 Å². The van der Waals surface area contributed by atoms with E-state index in [9.17, 15) is 18.0 Å². The molecule has 0 saturated heterocycles. The Hall–Kier alpha value is -3.47. The number of hydrogen-bond donors (Lipinski definition) is 1. The van der Waals surface area contributed by atoms with Crippen LogP contribution in [0.2, 0.25) is 10.0 Å². The number of aryl methyl sites for hydroxylation is 2. The Kier molecular flexibility index (Phi) is 11.2. The summed E-state index contributed by atoms with van der Waals surface area (Å²) in [5, 5.41) is 3.62. The van der Waals surface area contributed by atoms with Crippen molar-refractivity contribution in [3.05, 3.63) is 81.3 Å². The molecule has 0 fully saturated rings. The van der Waals surface area contributed by atoms with Crippen molar-refractivity contribution >= 4 is 50.7 Å². The first-order valence-electron chi connectivity index (χ1n) is 13.9. The fourth-order valence-electron chi connectivity index (χ4n) is 4.62. The third-order valence-electron chi connectivity index (χ3n) is 6.74. The fourth-order valence-corrected chi connectivity index (χ4v) is 6.50. The minimum Gasteiger partial charge on any atom is -0.493 e. The smallest absolute Gasteiger partial charge is 0.264 e. The molecule has 0 aliphatic heterocycles. The molecule has 2 amide bonds. The van der Waals surface area contributed by atoms with Crippen molar-refractivity contribution in [2.45, 2.75) is 64.6 Å². The summed E-state index contributed by atoms with van der Waals surface area (Å²) in [6, 6.07) is 13.4. The maximum atomic E-state index is 14.3. The van der Waals surface area contributed by atoms with E-state index in [2.05, 4.69) is 5.32 Å². The molecule has 9 nitrogen and oxygen atoms in total. The third kappa shape index (κ3) is 8.58. The highest BCUT2D eigenvalue weighted by molar-refractivity contribution is 7.92. The van der Waals surface area contributed by atoms with Gasteiger partial charge in [0, 0.05) is 28.2 Å². The van der Waals surface area contributed by atoms with Crippen LogP contribution in [0.1, 0.15) is 44.4 Å². The van der Waals surface area contributed by atoms with E-state index in [0.29, 0.717) is 27.0 Å². The van der Waals surface area contributed by atoms with E-state index < -0.39 is 40.0 Å². The second-order valence-electron chi connectivity index (χ2n) is 11.5. The number of sulfonamides is 1. The Morgan fingerprint density at radius 2 is 1.52 bits per heavy atom. The van der Waals surface area contributed by atoms with E-state index in [1.165, 1.54) is 37.3 Å². The first-order valence-corrected chi connectivity index (χ1v) is 16.0. The van der Waals surface area contributed by atoms with Crippen molar-refractivity contribution in [1.29, 1.82) is 0 Å². The van der Waals surface area contributed by atoms with Crippen LogP contribution < -0.4 is 19.1 Å². The largest absolute Gasteiger partial charge is 0.493 e. The van der Waals surface area contributed by atoms with Crippen LogP contribution in [-0.4, -0.2) is 57.5 Å². The third-order valence-corrected chi connectivity index (χ3v) is 9.09. The van der Waals surface area contributed by atoms with Crippen LogP contribution in [0.3, 0.4) is 0 Å². The van der Waals surface area contributed by atoms with E-state index in [4.69, 9.17) is 32.7 Å². The molecule has 12 heteroatoms. The number of rotatable bonds is 11. The standard InChI is InChI=1S/C32H39Cl2N3O6S/c1-20-13-21(2)15-25(14-20)37(44(40,41)26-11-12-28(42-7)29(17-26)43-8)19-30(38)36(22(3)31(39)35-32(4,5)6)18-23-9-10-24(33)16-27(23)34/h9-17,22H,18-19H2,1-8H3,(H,35,39)/t22-/m0/s1. The molecule has 1 atom stereocenters. The number of ether oxygens (including phenoxy) is 2. The van der Waals surface area contributed by atoms with Gasteiger partial charge in [-0.05, 0) is 94.6 Å². The Labute approximate surface area is 270 Å². The lowest BCUT2D eigenvalue weighted by molar-refractivity contribution is -0.140. The number of halogens is 2. The van der Waals surface area contributed by atoms with Gasteiger partial charge in [-0.15, -0.1) is 0 Å². The molecule has 0 aliphatic carbocycles. The molecule has 3 rings (SSSR count). The number of nitrogens with zero attached hydrogens (tertiary/aromatic N) is 2. The van der Waals surface area contributed by atoms with Gasteiger partial charge < -0.3 is 19.7 Å². The lowest BCUT2D eigenvalue weighted by atomic mass is 10.1. The molecule has 0 unspecified atom stereocenters. The molecule has 0 spiro atoms. The molecule has 44 heavy (non-hydrogen) atoms. The van der Waals surface area contributed by atoms with Gasteiger partial charge in [0.1, 0.15) is 12.6 Å². The Bertz CT molecular complexity index is 1620. The lowest BCUT2D eigenvalue weighted by Crippen LogP contribution is -2.54. The number of nitrogens with one attached hydrogen (secondary N) is 1. The van der Waals surface area contributed by atoms with Crippen LogP contribution in [0.15, 0.2) is 59.5 Å². The van der Waals surface area contributed by atoms with Crippen molar-refractivity contribution in [2.24, 2.45) is 0 Å². The molecule has 3 aromatic rings. The molecular formula is C32H39Cl2N3O6S. The van der Waals surface area contributed by atoms with Crippen LogP contribution in [-0.2, 0) is 26.2 Å². The summed E-state index contributed by atoms with van der Waals surface area (Å²) in [6.07, 6.45) is 0. The molecule has 3 aromatic carbocycles. The molecule has 1 N–H and O–H groups in total. The number of benzene rings is 3. The SMILES string of the molecule is COc1ccc(S(=O)(=O)N(CC(=O)N(Cc2ccc(Cl)cc2Cl)[C@@H](C)C(=O)NC(C)(C)C)c2cc(C)cc(C)c2)cc1OC. The van der Waals surface area contributed by atoms with Gasteiger partial charge in [-0.2, -0.15) is 0 Å². The molecule has 0 saturated carbocycles. The Morgan fingerprint density at radius 1 is 0.909 bits per heavy atom. The summed E-state index contributed by atoms with van der Waals surface area (Å²) in [6.45, 7) is 10.1. The normalized spacial score (nSPS) is 12.3. The molecular weight excluding hydrogens is 625 g/mol. The van der Waals surface area contributed by atoms with Crippen LogP contribution in [0, 0.1) is 13.8 Å². The highest BCUT2D eigenvalue weighted by atomic mass is 35.5. The molecule has 0 bridgehead atoms. The Balaban J connectivity index is 2.14. The summed E-state index contributed by atoms with van der Waals surface area (Å²) in [4.78, 5) is 28.7. The van der Waals surface area contributed by atoms with Gasteiger partial charge in [-0.3, -0.25) is 13.9 Å². The van der Waals surface area contributed by atoms with Crippen molar-refractivity contribution in [3.63, 3.8) is 0 Å². The molecule has 0 aromatic heterocycles. The van der Waals surface area contributed by atoms with Crippen LogP contribution in [0.25, 0.3) is 0 Å². The number of amides is 2. The molecule has 238 valence electrons. The summed E-state index contributed by atoms with van der Waals surface area (Å²) >= 11 is 12.6. The second-order valence-corrected chi connectivity index (χ2v) is 14.3. The first kappa shape index (κ1) is 35.0. The summed E-state index contributed by atoms with van der Waals surface area (Å²) in [7, 11) is -1.47. The lowest BCUT2D eigenvalue weighted by Gasteiger charge is -2.34. The minimum absolute atomic E-state index is 0.0648. The first-order chi connectivity index (χ1) is 20.5. The van der Waals surface area contributed by atoms with Crippen LogP contribution >= 0.6 is 23.2 Å². The highest BCUT2D eigenvalue weighted by Crippen LogP contribution is 2.33. The number of carbonyl (C=O) groups is 2. The zero-order chi connectivity index (χ0) is 33.0. The van der Waals surface area contributed by atoms with Crippen LogP contribution in [0.5, 0.6) is 11.5 Å². The van der Waals surface area contributed by atoms with Gasteiger partial charge in [0.15, 0.2) is 11.5 Å². The van der Waals surface area contributed by atoms with E-state index in [-0.39, 0.29) is 17.2 Å². The van der Waals surface area contributed by atoms with Gasteiger partial charge in [-0.1, -0.05) is 35.3 Å². The van der Waals surface area contributed by atoms with E-state index in [1.54, 1.807) is 37.3 Å². The maximum absolute atomic E-state index is 14.3. The minimum atomic E-state index is -4.33. The monoisotopic (exact) mass is 663 g/mol. The summed E-state index contributed by atoms with van der Waals surface area (Å²) in [5.41, 5.74) is 1.88. The molecule has 0 radical (unpaired) electrons. The number of methoxy groups -OCH3 is 2. The van der Waals surface area contributed by atoms with Gasteiger partial charge in [0.05, 0.1) is 24.8 Å². The van der Waals surface area contributed by atoms with E-state index >= 15 is 0 Å². The fraction of sp³-hybridized carbons (Fsp3) is 0.375. The van der Waals surface area contributed by atoms with Crippen molar-refractivity contribution in [2.75, 3.05) is 25.1 Å². The maximum Gasteiger partial charge on any atom is 0.264 e. The topological polar surface area (TPSA) is 105 Å². The van der Waals surface area contributed by atoms with E-state index in [1.807, 2.05) is 40.7 Å². The van der Waals surface area contributed by atoms with Gasteiger partial charge in [-0.25, -0.2) is 8.42 Å². The number of carbonyl (C=O) groups excluding carboxylic acids is 2. The highest BCUT2D eigenvalue weighted by Gasteiger charge is 2.34. The molecule has 0 aliphatic rings. The average Bonchev–Trinajstić information content (AvgIpc) is 2.93. The van der Waals surface area contributed by atoms with Gasteiger partial charge in [0.2, 0.25) is 11.8 Å². The predicted molar refractivity (Wildman–Crippen MR) is 174 cm³/mol. The van der Waals surface area contributed by atoms with Gasteiger partial charge in [0.25, 0.3) is 10.0 Å². The summed E-state index contributed by atoms with van der Waals surface area (Å²) < 4.78 is 40.2. The quantitative estimate of drug-likeness (QED) is 0.264. The Morgan fingerprint density at radius 3 is 2.07 bits per heavy atom. The van der Waals surface area contributed by atoms with Crippen molar-refractivity contribution < 1.29 is 27.5 Å². The van der Waals surface area contributed by atoms with Crippen molar-refractivity contribution in [3.8, 4) is 11.5 Å². The average molecular weight is 665 g/mol. The predicted octanol–water partition coefficient (Wildman–Crippen LogP) is 6.15. The van der Waals surface area contributed by atoms with Crippen LogP contribution in [0.4, 0.5) is 5.69 Å². The van der Waals surface area contributed by atoms with E-state index in [0.717, 1.165) is 15.4 Å². The zero-order valence-corrected chi connectivity index (χ0v) is 28.5. The number of hydrogen-bond acceptors (Lipinski definition) is 6. The second kappa shape index (κ2) is 14.1. The molecule has 0 heterocycles. The summed E-state index contributed by atoms with van der Waals surface area (Å²) in [5.74, 6) is -0.454. The van der Waals surface area contributed by atoms with Gasteiger partial charge >= 0.3 is 0 Å².